The van der Waals surface area contributed by atoms with Crippen LogP contribution in [0.3, 0.4) is 0 Å². The third kappa shape index (κ3) is 8.67. The monoisotopic (exact) mass is 586 g/mol. The van der Waals surface area contributed by atoms with Crippen LogP contribution in [0.25, 0.3) is 11.3 Å². The minimum absolute atomic E-state index is 0.0795. The summed E-state index contributed by atoms with van der Waals surface area (Å²) in [5, 5.41) is 9.45. The molecule has 0 bridgehead atoms. The van der Waals surface area contributed by atoms with Gasteiger partial charge in [0.25, 0.3) is 0 Å². The molecule has 0 spiro atoms. The second-order valence-electron chi connectivity index (χ2n) is 10.8. The predicted molar refractivity (Wildman–Crippen MR) is 165 cm³/mol. The average Bonchev–Trinajstić information content (AvgIpc) is 3.45. The summed E-state index contributed by atoms with van der Waals surface area (Å²) in [5.74, 6) is -0.184. The number of methoxy groups -OCH3 is 1. The highest BCUT2D eigenvalue weighted by Crippen LogP contribution is 2.38. The summed E-state index contributed by atoms with van der Waals surface area (Å²) in [6.07, 6.45) is 12.8. The van der Waals surface area contributed by atoms with Crippen molar-refractivity contribution in [1.82, 2.24) is 19.9 Å². The molecule has 11 nitrogen and oxygen atoms in total. The first-order chi connectivity index (χ1) is 19.6. The second kappa shape index (κ2) is 15.2. The lowest BCUT2D eigenvalue weighted by Gasteiger charge is -2.39. The standard InChI is InChI=1S/C23H31ClN8O3.C6H12/c1-6-31(13-32-9-7-8-16(32)23(2,3)35-5)18-17(14-10-15(24)12-27-11-14)28-21(30-20(18)26-4)19(25)29-22(33)34;1-2-4-6-5-3-1/h10-12,16H,4,6-9,13H2,1-3,5H3,(H2,25,29)(H,33,34);1-6H2. The number of anilines is 1. The van der Waals surface area contributed by atoms with Gasteiger partial charge in [-0.3, -0.25) is 9.88 Å². The fourth-order valence-corrected chi connectivity index (χ4v) is 5.56. The van der Waals surface area contributed by atoms with E-state index >= 15 is 0 Å². The molecule has 1 amide bonds. The van der Waals surface area contributed by atoms with Crippen LogP contribution < -0.4 is 10.6 Å². The highest BCUT2D eigenvalue weighted by atomic mass is 35.5. The number of halogens is 1. The molecule has 4 rings (SSSR count). The quantitative estimate of drug-likeness (QED) is 0.270. The van der Waals surface area contributed by atoms with Gasteiger partial charge in [-0.05, 0) is 46.4 Å². The minimum atomic E-state index is -1.45. The van der Waals surface area contributed by atoms with Gasteiger partial charge in [0, 0.05) is 44.2 Å². The smallest absolute Gasteiger partial charge is 0.433 e. The molecule has 12 heteroatoms. The molecular formula is C29H43ClN8O3. The van der Waals surface area contributed by atoms with Crippen molar-refractivity contribution in [2.24, 2.45) is 15.7 Å². The Morgan fingerprint density at radius 3 is 2.41 bits per heavy atom. The molecule has 1 aliphatic carbocycles. The van der Waals surface area contributed by atoms with Crippen molar-refractivity contribution in [2.45, 2.75) is 83.8 Å². The van der Waals surface area contributed by atoms with Crippen molar-refractivity contribution >= 4 is 41.8 Å². The zero-order valence-electron chi connectivity index (χ0n) is 24.6. The Morgan fingerprint density at radius 2 is 1.88 bits per heavy atom. The third-order valence-electron chi connectivity index (χ3n) is 7.68. The third-order valence-corrected chi connectivity index (χ3v) is 7.89. The summed E-state index contributed by atoms with van der Waals surface area (Å²) in [5.41, 5.74) is 7.20. The zero-order chi connectivity index (χ0) is 30.0. The van der Waals surface area contributed by atoms with Crippen molar-refractivity contribution in [3.63, 3.8) is 0 Å². The first-order valence-corrected chi connectivity index (χ1v) is 14.6. The van der Waals surface area contributed by atoms with Crippen molar-refractivity contribution < 1.29 is 14.6 Å². The maximum Gasteiger partial charge on any atom is 0.433 e. The Hall–Kier alpha value is -3.15. The molecule has 2 aromatic heterocycles. The van der Waals surface area contributed by atoms with Crippen LogP contribution in [-0.2, 0) is 4.74 Å². The number of likely N-dealkylation sites (tertiary alicyclic amines) is 1. The average molecular weight is 587 g/mol. The van der Waals surface area contributed by atoms with Crippen molar-refractivity contribution in [3.8, 4) is 11.3 Å². The molecule has 224 valence electrons. The molecule has 3 heterocycles. The van der Waals surface area contributed by atoms with Crippen LogP contribution in [0.4, 0.5) is 16.3 Å². The molecule has 2 fully saturated rings. The Kier molecular flexibility index (Phi) is 12.0. The maximum atomic E-state index is 11.1. The van der Waals surface area contributed by atoms with Gasteiger partial charge in [-0.2, -0.15) is 4.99 Å². The van der Waals surface area contributed by atoms with E-state index in [1.54, 1.807) is 19.4 Å². The summed E-state index contributed by atoms with van der Waals surface area (Å²) in [7, 11) is 1.73. The predicted octanol–water partition coefficient (Wildman–Crippen LogP) is 5.92. The lowest BCUT2D eigenvalue weighted by molar-refractivity contribution is -0.0398. The van der Waals surface area contributed by atoms with Gasteiger partial charge in [0.15, 0.2) is 17.5 Å². The van der Waals surface area contributed by atoms with Gasteiger partial charge in [-0.25, -0.2) is 19.8 Å². The number of carbonyl (C=O) groups is 1. The maximum absolute atomic E-state index is 11.1. The summed E-state index contributed by atoms with van der Waals surface area (Å²) < 4.78 is 5.79. The summed E-state index contributed by atoms with van der Waals surface area (Å²) in [6.45, 7) is 12.0. The van der Waals surface area contributed by atoms with Gasteiger partial charge in [0.2, 0.25) is 0 Å². The number of carboxylic acid groups (broad SMARTS) is 1. The van der Waals surface area contributed by atoms with E-state index in [1.807, 2.05) is 6.92 Å². The highest BCUT2D eigenvalue weighted by molar-refractivity contribution is 6.30. The number of amidine groups is 1. The number of aromatic nitrogens is 3. The number of hydrogen-bond donors (Lipinski definition) is 2. The van der Waals surface area contributed by atoms with E-state index in [0.717, 1.165) is 19.4 Å². The van der Waals surface area contributed by atoms with Crippen LogP contribution in [0.5, 0.6) is 0 Å². The van der Waals surface area contributed by atoms with Gasteiger partial charge in [-0.1, -0.05) is 50.1 Å². The molecular weight excluding hydrogens is 544 g/mol. The fourth-order valence-electron chi connectivity index (χ4n) is 5.38. The molecule has 1 saturated heterocycles. The fraction of sp³-hybridized carbons (Fsp3) is 0.586. The number of nitrogens with zero attached hydrogens (tertiary/aromatic N) is 7. The molecule has 1 atom stereocenters. The van der Waals surface area contributed by atoms with Gasteiger partial charge >= 0.3 is 6.09 Å². The van der Waals surface area contributed by atoms with Crippen LogP contribution in [0.15, 0.2) is 28.4 Å². The topological polar surface area (TPSA) is 142 Å². The van der Waals surface area contributed by atoms with Crippen LogP contribution in [0.2, 0.25) is 5.02 Å². The van der Waals surface area contributed by atoms with Crippen LogP contribution in [0, 0.1) is 0 Å². The Labute approximate surface area is 247 Å². The highest BCUT2D eigenvalue weighted by Gasteiger charge is 2.38. The van der Waals surface area contributed by atoms with E-state index in [9.17, 15) is 4.79 Å². The summed E-state index contributed by atoms with van der Waals surface area (Å²) in [6, 6.07) is 1.93. The zero-order valence-corrected chi connectivity index (χ0v) is 25.4. The van der Waals surface area contributed by atoms with E-state index in [1.165, 1.54) is 44.7 Å². The van der Waals surface area contributed by atoms with Gasteiger partial charge in [0.05, 0.1) is 17.3 Å². The number of ether oxygens (including phenoxy) is 1. The number of rotatable bonds is 9. The lowest BCUT2D eigenvalue weighted by Crippen LogP contribution is -2.50. The van der Waals surface area contributed by atoms with E-state index in [-0.39, 0.29) is 29.1 Å². The molecule has 0 radical (unpaired) electrons. The second-order valence-corrected chi connectivity index (χ2v) is 11.2. The number of pyridine rings is 1. The van der Waals surface area contributed by atoms with E-state index < -0.39 is 6.09 Å². The number of amides is 1. The van der Waals surface area contributed by atoms with Crippen molar-refractivity contribution in [1.29, 1.82) is 0 Å². The normalized spacial score (nSPS) is 18.0. The van der Waals surface area contributed by atoms with E-state index in [0.29, 0.717) is 35.2 Å². The molecule has 1 aliphatic heterocycles. The van der Waals surface area contributed by atoms with Crippen LogP contribution in [-0.4, -0.2) is 82.1 Å². The Balaban J connectivity index is 0.000000681. The molecule has 3 N–H and O–H groups in total. The van der Waals surface area contributed by atoms with Crippen molar-refractivity contribution in [2.75, 3.05) is 31.8 Å². The molecule has 1 unspecified atom stereocenters. The SMILES string of the molecule is C1CCCCC1.C=Nc1nc(/C(N)=N/C(=O)O)nc(-c2cncc(Cl)c2)c1N(CC)CN1CCCC1C(C)(C)OC. The van der Waals surface area contributed by atoms with Crippen molar-refractivity contribution in [3.05, 3.63) is 29.3 Å². The van der Waals surface area contributed by atoms with Gasteiger partial charge in [0.1, 0.15) is 11.4 Å². The van der Waals surface area contributed by atoms with Gasteiger partial charge < -0.3 is 20.5 Å². The van der Waals surface area contributed by atoms with E-state index in [2.05, 4.69) is 55.3 Å². The molecule has 2 aromatic rings. The Morgan fingerprint density at radius 1 is 1.22 bits per heavy atom. The number of hydrogen-bond acceptors (Lipinski definition) is 8. The van der Waals surface area contributed by atoms with Crippen LogP contribution in [0.1, 0.15) is 78.0 Å². The van der Waals surface area contributed by atoms with E-state index in [4.69, 9.17) is 27.2 Å². The molecule has 1 saturated carbocycles. The lowest BCUT2D eigenvalue weighted by atomic mass is 9.96. The summed E-state index contributed by atoms with van der Waals surface area (Å²) in [4.78, 5) is 36.2. The Bertz CT molecular complexity index is 1210. The molecule has 41 heavy (non-hydrogen) atoms. The van der Waals surface area contributed by atoms with Crippen LogP contribution >= 0.6 is 11.6 Å². The largest absolute Gasteiger partial charge is 0.463 e. The molecule has 0 aromatic carbocycles. The molecule has 2 aliphatic rings. The number of nitrogens with two attached hydrogens (primary N) is 1. The first-order valence-electron chi connectivity index (χ1n) is 14.2. The van der Waals surface area contributed by atoms with Gasteiger partial charge in [-0.15, -0.1) is 0 Å². The summed E-state index contributed by atoms with van der Waals surface area (Å²) >= 11 is 6.22. The number of aliphatic imine (C=N–C) groups is 2. The first kappa shape index (κ1) is 32.4. The minimum Gasteiger partial charge on any atom is -0.463 e.